The second-order valence-electron chi connectivity index (χ2n) is 2.46. The molecule has 0 aliphatic rings. The van der Waals surface area contributed by atoms with Gasteiger partial charge in [-0.25, -0.2) is 0 Å². The minimum absolute atomic E-state index is 0. The van der Waals surface area contributed by atoms with Crippen LogP contribution in [0.1, 0.15) is 34.1 Å². The summed E-state index contributed by atoms with van der Waals surface area (Å²) in [6.45, 7) is 2.93. The summed E-state index contributed by atoms with van der Waals surface area (Å²) in [5.74, 6) is 0.0259. The molecule has 66 valence electrons. The second-order valence-corrected chi connectivity index (χ2v) is 2.46. The third kappa shape index (κ3) is 7.19. The molecule has 0 aliphatic heterocycles. The Balaban J connectivity index is 0. The van der Waals surface area contributed by atoms with Crippen molar-refractivity contribution in [2.45, 2.75) is 40.2 Å². The van der Waals surface area contributed by atoms with Crippen molar-refractivity contribution in [3.8, 4) is 0 Å². The van der Waals surface area contributed by atoms with E-state index in [4.69, 9.17) is 5.73 Å². The van der Waals surface area contributed by atoms with Gasteiger partial charge in [-0.15, -0.1) is 0 Å². The van der Waals surface area contributed by atoms with Crippen LogP contribution in [0.2, 0.25) is 0 Å². The predicted molar refractivity (Wildman–Crippen MR) is 45.3 cm³/mol. The number of carbonyl (C=O) groups is 2. The Kier molecular flexibility index (Phi) is 7.10. The maximum absolute atomic E-state index is 10.5. The van der Waals surface area contributed by atoms with E-state index in [2.05, 4.69) is 0 Å². The summed E-state index contributed by atoms with van der Waals surface area (Å²) in [7, 11) is 0. The lowest BCUT2D eigenvalue weighted by Crippen LogP contribution is -2.28. The lowest BCUT2D eigenvalue weighted by Gasteiger charge is -2.03. The molecule has 0 radical (unpaired) electrons. The number of rotatable bonds is 4. The molecule has 0 bridgehead atoms. The zero-order valence-corrected chi connectivity index (χ0v) is 6.39. The lowest BCUT2D eigenvalue weighted by atomic mass is 10.1. The number of Topliss-reactive ketones (excluding diaryl/α,β-unsaturated/α-hetero) is 2. The van der Waals surface area contributed by atoms with Gasteiger partial charge in [0.1, 0.15) is 11.6 Å². The van der Waals surface area contributed by atoms with E-state index in [1.54, 1.807) is 0 Å². The summed E-state index contributed by atoms with van der Waals surface area (Å²) in [5, 5.41) is 0. The lowest BCUT2D eigenvalue weighted by molar-refractivity contribution is -0.119. The molecule has 3 nitrogen and oxygen atoms in total. The first-order chi connectivity index (χ1) is 4.54. The zero-order chi connectivity index (χ0) is 8.15. The Morgan fingerprint density at radius 3 is 2.09 bits per heavy atom. The van der Waals surface area contributed by atoms with E-state index in [9.17, 15) is 9.59 Å². The van der Waals surface area contributed by atoms with Gasteiger partial charge in [-0.05, 0) is 20.3 Å². The van der Waals surface area contributed by atoms with Crippen LogP contribution in [-0.2, 0) is 9.59 Å². The largest absolute Gasteiger partial charge is 0.322 e. The average Bonchev–Trinajstić information content (AvgIpc) is 1.82. The van der Waals surface area contributed by atoms with Crippen molar-refractivity contribution in [3.05, 3.63) is 0 Å². The van der Waals surface area contributed by atoms with Gasteiger partial charge in [0, 0.05) is 6.42 Å². The van der Waals surface area contributed by atoms with Crippen molar-refractivity contribution in [2.75, 3.05) is 0 Å². The van der Waals surface area contributed by atoms with Crippen LogP contribution in [0.3, 0.4) is 0 Å². The molecule has 0 rings (SSSR count). The molecule has 0 aromatic heterocycles. The van der Waals surface area contributed by atoms with Crippen LogP contribution in [0, 0.1) is 0 Å². The minimum Gasteiger partial charge on any atom is -0.322 e. The Morgan fingerprint density at radius 1 is 1.36 bits per heavy atom. The Labute approximate surface area is 68.0 Å². The van der Waals surface area contributed by atoms with Crippen LogP contribution < -0.4 is 5.73 Å². The number of nitrogens with two attached hydrogens (primary N) is 1. The van der Waals surface area contributed by atoms with Crippen LogP contribution in [0.5, 0.6) is 0 Å². The molecule has 2 N–H and O–H groups in total. The molecule has 0 aliphatic carbocycles. The first-order valence-electron chi connectivity index (χ1n) is 3.29. The zero-order valence-electron chi connectivity index (χ0n) is 6.39. The summed E-state index contributed by atoms with van der Waals surface area (Å²) in [6.07, 6.45) is 0.880. The third-order valence-electron chi connectivity index (χ3n) is 1.33. The normalized spacial score (nSPS) is 11.5. The van der Waals surface area contributed by atoms with Crippen molar-refractivity contribution in [1.82, 2.24) is 0 Å². The smallest absolute Gasteiger partial charge is 0.146 e. The topological polar surface area (TPSA) is 60.2 Å². The van der Waals surface area contributed by atoms with E-state index in [0.717, 1.165) is 0 Å². The van der Waals surface area contributed by atoms with E-state index in [1.807, 2.05) is 0 Å². The fourth-order valence-electron chi connectivity index (χ4n) is 0.562. The summed E-state index contributed by atoms with van der Waals surface area (Å²) in [6, 6.07) is -0.455. The van der Waals surface area contributed by atoms with Crippen LogP contribution >= 0.6 is 0 Å². The van der Waals surface area contributed by atoms with E-state index in [-0.39, 0.29) is 19.0 Å². The number of carbonyl (C=O) groups excluding carboxylic acids is 2. The van der Waals surface area contributed by atoms with Gasteiger partial charge in [-0.1, -0.05) is 7.43 Å². The summed E-state index contributed by atoms with van der Waals surface area (Å²) in [5.41, 5.74) is 5.36. The van der Waals surface area contributed by atoms with Crippen LogP contribution in [-0.4, -0.2) is 17.6 Å². The standard InChI is InChI=1S/C7H13NO2.CH4/c1-5(9)3-4-7(8)6(2)10;/h7H,3-4,8H2,1-2H3;1H4/t7-;/m0./s1. The number of hydrogen-bond acceptors (Lipinski definition) is 3. The molecular weight excluding hydrogens is 142 g/mol. The van der Waals surface area contributed by atoms with Crippen molar-refractivity contribution >= 4 is 11.6 Å². The number of ketones is 2. The van der Waals surface area contributed by atoms with Gasteiger partial charge in [0.2, 0.25) is 0 Å². The molecule has 0 amide bonds. The molecule has 0 saturated carbocycles. The van der Waals surface area contributed by atoms with Gasteiger partial charge in [-0.2, -0.15) is 0 Å². The number of hydrogen-bond donors (Lipinski definition) is 1. The van der Waals surface area contributed by atoms with Gasteiger partial charge in [0.25, 0.3) is 0 Å². The summed E-state index contributed by atoms with van der Waals surface area (Å²) >= 11 is 0. The fourth-order valence-corrected chi connectivity index (χ4v) is 0.562. The quantitative estimate of drug-likeness (QED) is 0.663. The third-order valence-corrected chi connectivity index (χ3v) is 1.33. The highest BCUT2D eigenvalue weighted by molar-refractivity contribution is 5.82. The van der Waals surface area contributed by atoms with Gasteiger partial charge in [0.15, 0.2) is 0 Å². The molecule has 0 saturated heterocycles. The minimum atomic E-state index is -0.455. The average molecular weight is 159 g/mol. The highest BCUT2D eigenvalue weighted by Gasteiger charge is 2.07. The molecule has 1 atom stereocenters. The molecule has 3 heteroatoms. The van der Waals surface area contributed by atoms with Gasteiger partial charge in [-0.3, -0.25) is 4.79 Å². The summed E-state index contributed by atoms with van der Waals surface area (Å²) in [4.78, 5) is 20.9. The molecule has 0 fully saturated rings. The molecule has 0 aromatic rings. The predicted octanol–water partition coefficient (Wildman–Crippen LogP) is 0.908. The van der Waals surface area contributed by atoms with E-state index >= 15 is 0 Å². The SMILES string of the molecule is C.CC(=O)CC[C@H](N)C(C)=O. The Bertz CT molecular complexity index is 143. The van der Waals surface area contributed by atoms with Gasteiger partial charge >= 0.3 is 0 Å². The fraction of sp³-hybridized carbons (Fsp3) is 0.750. The van der Waals surface area contributed by atoms with Crippen molar-refractivity contribution < 1.29 is 9.59 Å². The molecule has 0 heterocycles. The highest BCUT2D eigenvalue weighted by Crippen LogP contribution is 1.95. The Morgan fingerprint density at radius 2 is 1.82 bits per heavy atom. The highest BCUT2D eigenvalue weighted by atomic mass is 16.1. The van der Waals surface area contributed by atoms with Crippen molar-refractivity contribution in [3.63, 3.8) is 0 Å². The van der Waals surface area contributed by atoms with Crippen LogP contribution in [0.25, 0.3) is 0 Å². The molecule has 0 aromatic carbocycles. The maximum Gasteiger partial charge on any atom is 0.146 e. The van der Waals surface area contributed by atoms with Gasteiger partial charge < -0.3 is 10.5 Å². The van der Waals surface area contributed by atoms with Gasteiger partial charge in [0.05, 0.1) is 6.04 Å². The molecule has 0 unspecified atom stereocenters. The van der Waals surface area contributed by atoms with E-state index < -0.39 is 6.04 Å². The second kappa shape index (κ2) is 6.04. The van der Waals surface area contributed by atoms with Crippen molar-refractivity contribution in [1.29, 1.82) is 0 Å². The summed E-state index contributed by atoms with van der Waals surface area (Å²) < 4.78 is 0. The van der Waals surface area contributed by atoms with Crippen LogP contribution in [0.15, 0.2) is 0 Å². The molecule has 11 heavy (non-hydrogen) atoms. The Hall–Kier alpha value is -0.700. The first kappa shape index (κ1) is 12.9. The van der Waals surface area contributed by atoms with Crippen LogP contribution in [0.4, 0.5) is 0 Å². The van der Waals surface area contributed by atoms with Crippen molar-refractivity contribution in [2.24, 2.45) is 5.73 Å². The van der Waals surface area contributed by atoms with E-state index in [0.29, 0.717) is 12.8 Å². The molecule has 0 spiro atoms. The monoisotopic (exact) mass is 159 g/mol. The first-order valence-corrected chi connectivity index (χ1v) is 3.29. The van der Waals surface area contributed by atoms with E-state index in [1.165, 1.54) is 13.8 Å². The maximum atomic E-state index is 10.5. The molecular formula is C8H17NO2.